The average molecular weight is 224 g/mol. The third-order valence-corrected chi connectivity index (χ3v) is 2.73. The largest absolute Gasteiger partial charge is 0.465 e. The van der Waals surface area contributed by atoms with E-state index in [1.165, 1.54) is 24.6 Å². The maximum Gasteiger partial charge on any atom is 0.338 e. The van der Waals surface area contributed by atoms with Gasteiger partial charge < -0.3 is 14.9 Å². The molecule has 0 fully saturated rings. The van der Waals surface area contributed by atoms with Crippen LogP contribution in [0.15, 0.2) is 22.1 Å². The Labute approximate surface area is 89.5 Å². The van der Waals surface area contributed by atoms with Crippen molar-refractivity contribution in [2.24, 2.45) is 0 Å². The number of rotatable bonds is 2. The topological polar surface area (TPSA) is 78.3 Å². The van der Waals surface area contributed by atoms with Gasteiger partial charge in [-0.2, -0.15) is 0 Å². The first kappa shape index (κ1) is 9.72. The Morgan fingerprint density at radius 3 is 3.07 bits per heavy atom. The van der Waals surface area contributed by atoms with Gasteiger partial charge in [0.25, 0.3) is 6.01 Å². The molecular formula is C9H8N2O3S. The summed E-state index contributed by atoms with van der Waals surface area (Å²) in [5, 5.41) is 1.69. The molecule has 0 saturated heterocycles. The van der Waals surface area contributed by atoms with Crippen molar-refractivity contribution in [3.05, 3.63) is 23.2 Å². The van der Waals surface area contributed by atoms with Gasteiger partial charge in [0.15, 0.2) is 5.76 Å². The van der Waals surface area contributed by atoms with E-state index in [2.05, 4.69) is 9.72 Å². The molecule has 0 atom stereocenters. The number of esters is 1. The van der Waals surface area contributed by atoms with Crippen molar-refractivity contribution in [2.75, 3.05) is 12.8 Å². The van der Waals surface area contributed by atoms with E-state index in [1.807, 2.05) is 0 Å². The van der Waals surface area contributed by atoms with Crippen LogP contribution in [0.5, 0.6) is 0 Å². The van der Waals surface area contributed by atoms with E-state index in [0.717, 1.165) is 4.88 Å². The van der Waals surface area contributed by atoms with Crippen LogP contribution in [-0.2, 0) is 4.74 Å². The highest BCUT2D eigenvalue weighted by Crippen LogP contribution is 2.28. The molecule has 2 aromatic rings. The van der Waals surface area contributed by atoms with Crippen LogP contribution in [-0.4, -0.2) is 18.1 Å². The van der Waals surface area contributed by atoms with Crippen LogP contribution in [0.1, 0.15) is 10.4 Å². The van der Waals surface area contributed by atoms with Crippen molar-refractivity contribution in [3.63, 3.8) is 0 Å². The number of carbonyl (C=O) groups is 1. The average Bonchev–Trinajstić information content (AvgIpc) is 2.84. The van der Waals surface area contributed by atoms with Gasteiger partial charge in [-0.25, -0.2) is 9.78 Å². The zero-order valence-corrected chi connectivity index (χ0v) is 8.71. The van der Waals surface area contributed by atoms with Crippen molar-refractivity contribution >= 4 is 23.3 Å². The molecule has 0 amide bonds. The van der Waals surface area contributed by atoms with E-state index in [-0.39, 0.29) is 12.0 Å². The van der Waals surface area contributed by atoms with E-state index in [0.29, 0.717) is 11.3 Å². The van der Waals surface area contributed by atoms with Crippen LogP contribution in [0.25, 0.3) is 10.6 Å². The summed E-state index contributed by atoms with van der Waals surface area (Å²) in [7, 11) is 1.34. The minimum Gasteiger partial charge on any atom is -0.465 e. The van der Waals surface area contributed by atoms with Gasteiger partial charge in [-0.15, -0.1) is 11.3 Å². The first-order valence-corrected chi connectivity index (χ1v) is 4.97. The Morgan fingerprint density at radius 1 is 1.67 bits per heavy atom. The lowest BCUT2D eigenvalue weighted by molar-refractivity contribution is 0.0601. The Balaban J connectivity index is 2.31. The molecule has 15 heavy (non-hydrogen) atoms. The van der Waals surface area contributed by atoms with Crippen LogP contribution < -0.4 is 5.73 Å². The van der Waals surface area contributed by atoms with Gasteiger partial charge in [0, 0.05) is 5.38 Å². The summed E-state index contributed by atoms with van der Waals surface area (Å²) in [4.78, 5) is 15.7. The summed E-state index contributed by atoms with van der Waals surface area (Å²) in [5.74, 6) is 0.178. The standard InChI is InChI=1S/C9H8N2O3S/c1-13-8(12)5-2-7(15-4-5)6-3-11-9(10)14-6/h2-4H,1H3,(H2,10,11). The molecule has 2 aromatic heterocycles. The minimum atomic E-state index is -0.370. The van der Waals surface area contributed by atoms with Crippen molar-refractivity contribution < 1.29 is 13.9 Å². The van der Waals surface area contributed by atoms with E-state index < -0.39 is 0 Å². The van der Waals surface area contributed by atoms with Gasteiger partial charge in [-0.1, -0.05) is 0 Å². The molecule has 78 valence electrons. The number of nitrogen functional groups attached to an aromatic ring is 1. The number of oxazole rings is 1. The smallest absolute Gasteiger partial charge is 0.338 e. The number of anilines is 1. The Kier molecular flexibility index (Phi) is 2.42. The predicted molar refractivity (Wildman–Crippen MR) is 55.6 cm³/mol. The van der Waals surface area contributed by atoms with Crippen LogP contribution in [0.3, 0.4) is 0 Å². The number of hydrogen-bond acceptors (Lipinski definition) is 6. The maximum atomic E-state index is 11.2. The molecule has 5 nitrogen and oxygen atoms in total. The van der Waals surface area contributed by atoms with Crippen LogP contribution in [0.2, 0.25) is 0 Å². The molecule has 0 bridgehead atoms. The van der Waals surface area contributed by atoms with Crippen LogP contribution >= 0.6 is 11.3 Å². The Morgan fingerprint density at radius 2 is 2.47 bits per heavy atom. The molecule has 2 N–H and O–H groups in total. The first-order chi connectivity index (χ1) is 7.20. The normalized spacial score (nSPS) is 10.2. The highest BCUT2D eigenvalue weighted by Gasteiger charge is 2.12. The lowest BCUT2D eigenvalue weighted by Crippen LogP contribution is -1.97. The Hall–Kier alpha value is -1.82. The van der Waals surface area contributed by atoms with Crippen molar-refractivity contribution in [1.29, 1.82) is 0 Å². The highest BCUT2D eigenvalue weighted by molar-refractivity contribution is 7.13. The fourth-order valence-corrected chi connectivity index (χ4v) is 1.92. The number of ether oxygens (including phenoxy) is 1. The number of methoxy groups -OCH3 is 1. The van der Waals surface area contributed by atoms with E-state index in [4.69, 9.17) is 10.2 Å². The molecule has 0 aliphatic heterocycles. The van der Waals surface area contributed by atoms with Gasteiger partial charge in [0.05, 0.1) is 23.7 Å². The van der Waals surface area contributed by atoms with E-state index in [9.17, 15) is 4.79 Å². The molecule has 0 spiro atoms. The zero-order valence-electron chi connectivity index (χ0n) is 7.89. The van der Waals surface area contributed by atoms with Crippen molar-refractivity contribution in [3.8, 4) is 10.6 Å². The maximum absolute atomic E-state index is 11.2. The van der Waals surface area contributed by atoms with Crippen LogP contribution in [0, 0.1) is 0 Å². The van der Waals surface area contributed by atoms with E-state index in [1.54, 1.807) is 11.4 Å². The number of nitrogens with two attached hydrogens (primary N) is 1. The minimum absolute atomic E-state index is 0.109. The molecule has 2 heterocycles. The zero-order chi connectivity index (χ0) is 10.8. The lowest BCUT2D eigenvalue weighted by atomic mass is 10.3. The molecule has 2 rings (SSSR count). The summed E-state index contributed by atoms with van der Waals surface area (Å²) in [6.07, 6.45) is 1.52. The number of hydrogen-bond donors (Lipinski definition) is 1. The molecule has 0 aliphatic rings. The number of carbonyl (C=O) groups excluding carboxylic acids is 1. The van der Waals surface area contributed by atoms with Gasteiger partial charge in [0.1, 0.15) is 0 Å². The third kappa shape index (κ3) is 1.84. The van der Waals surface area contributed by atoms with Gasteiger partial charge in [-0.05, 0) is 6.07 Å². The monoisotopic (exact) mass is 224 g/mol. The second-order valence-electron chi connectivity index (χ2n) is 2.75. The quantitative estimate of drug-likeness (QED) is 0.786. The molecule has 0 unspecified atom stereocenters. The number of nitrogens with zero attached hydrogens (tertiary/aromatic N) is 1. The predicted octanol–water partition coefficient (Wildman–Crippen LogP) is 1.77. The fraction of sp³-hybridized carbons (Fsp3) is 0.111. The second-order valence-corrected chi connectivity index (χ2v) is 3.67. The molecule has 0 aliphatic carbocycles. The number of aromatic nitrogens is 1. The molecule has 0 radical (unpaired) electrons. The second kappa shape index (κ2) is 3.74. The lowest BCUT2D eigenvalue weighted by Gasteiger charge is -1.91. The summed E-state index contributed by atoms with van der Waals surface area (Å²) in [6.45, 7) is 0. The van der Waals surface area contributed by atoms with Crippen molar-refractivity contribution in [1.82, 2.24) is 4.98 Å². The van der Waals surface area contributed by atoms with Crippen LogP contribution in [0.4, 0.5) is 6.01 Å². The van der Waals surface area contributed by atoms with Gasteiger partial charge in [0.2, 0.25) is 0 Å². The summed E-state index contributed by atoms with van der Waals surface area (Å²) < 4.78 is 9.71. The van der Waals surface area contributed by atoms with Crippen molar-refractivity contribution in [2.45, 2.75) is 0 Å². The first-order valence-electron chi connectivity index (χ1n) is 4.09. The SMILES string of the molecule is COC(=O)c1csc(-c2cnc(N)o2)c1. The van der Waals surface area contributed by atoms with E-state index >= 15 is 0 Å². The van der Waals surface area contributed by atoms with Gasteiger partial charge >= 0.3 is 5.97 Å². The molecule has 0 aromatic carbocycles. The fourth-order valence-electron chi connectivity index (χ4n) is 1.09. The number of thiophene rings is 1. The summed E-state index contributed by atoms with van der Waals surface area (Å²) >= 11 is 1.37. The highest BCUT2D eigenvalue weighted by atomic mass is 32.1. The molecular weight excluding hydrogens is 216 g/mol. The summed E-state index contributed by atoms with van der Waals surface area (Å²) in [6, 6.07) is 1.79. The summed E-state index contributed by atoms with van der Waals surface area (Å²) in [5.41, 5.74) is 5.84. The third-order valence-electron chi connectivity index (χ3n) is 1.79. The Bertz CT molecular complexity index is 489. The molecule has 6 heteroatoms. The molecule has 0 saturated carbocycles. The van der Waals surface area contributed by atoms with Gasteiger partial charge in [-0.3, -0.25) is 0 Å².